The lowest BCUT2D eigenvalue weighted by molar-refractivity contribution is -0.118. The van der Waals surface area contributed by atoms with Gasteiger partial charge in [-0.15, -0.1) is 0 Å². The molecule has 7 nitrogen and oxygen atoms in total. The molecule has 0 aliphatic heterocycles. The van der Waals surface area contributed by atoms with Gasteiger partial charge in [0.25, 0.3) is 5.56 Å². The summed E-state index contributed by atoms with van der Waals surface area (Å²) in [5.41, 5.74) is 0.214. The second-order valence-electron chi connectivity index (χ2n) is 3.42. The molecule has 8 heteroatoms. The smallest absolute Gasteiger partial charge is 0.283 e. The Bertz CT molecular complexity index is 475. The van der Waals surface area contributed by atoms with Crippen LogP contribution in [0.25, 0.3) is 0 Å². The summed E-state index contributed by atoms with van der Waals surface area (Å²) in [5, 5.41) is 9.27. The standard InChI is InChI=1S/C10H15BrN4O3/c1-12-8(16)6-13-7-5-14-15(3-4-18-2)10(17)9(7)11/h5,13H,3-4,6H2,1-2H3,(H,12,16). The minimum atomic E-state index is -0.269. The molecule has 2 N–H and O–H groups in total. The van der Waals surface area contributed by atoms with E-state index in [1.807, 2.05) is 0 Å². The Morgan fingerprint density at radius 2 is 2.33 bits per heavy atom. The molecule has 0 saturated carbocycles. The molecule has 0 radical (unpaired) electrons. The van der Waals surface area contributed by atoms with Gasteiger partial charge in [-0.1, -0.05) is 0 Å². The van der Waals surface area contributed by atoms with Crippen molar-refractivity contribution in [1.82, 2.24) is 15.1 Å². The molecule has 0 saturated heterocycles. The molecule has 1 heterocycles. The van der Waals surface area contributed by atoms with Crippen molar-refractivity contribution in [3.8, 4) is 0 Å². The van der Waals surface area contributed by atoms with E-state index in [-0.39, 0.29) is 18.0 Å². The molecule has 0 aliphatic carbocycles. The van der Waals surface area contributed by atoms with Gasteiger partial charge in [0.1, 0.15) is 4.47 Å². The van der Waals surface area contributed by atoms with E-state index in [2.05, 4.69) is 31.7 Å². The fourth-order valence-corrected chi connectivity index (χ4v) is 1.64. The number of amides is 1. The zero-order chi connectivity index (χ0) is 13.5. The largest absolute Gasteiger partial charge is 0.383 e. The van der Waals surface area contributed by atoms with Crippen LogP contribution in [0.15, 0.2) is 15.5 Å². The molecule has 18 heavy (non-hydrogen) atoms. The summed E-state index contributed by atoms with van der Waals surface area (Å²) in [7, 11) is 3.10. The number of nitrogens with one attached hydrogen (secondary N) is 2. The lowest BCUT2D eigenvalue weighted by Crippen LogP contribution is -2.29. The number of hydrogen-bond donors (Lipinski definition) is 2. The van der Waals surface area contributed by atoms with Crippen molar-refractivity contribution in [2.75, 3.05) is 32.6 Å². The first kappa shape index (κ1) is 14.7. The highest BCUT2D eigenvalue weighted by Gasteiger charge is 2.09. The van der Waals surface area contributed by atoms with Gasteiger partial charge in [-0.05, 0) is 15.9 Å². The SMILES string of the molecule is CNC(=O)CNc1cnn(CCOC)c(=O)c1Br. The van der Waals surface area contributed by atoms with E-state index in [9.17, 15) is 9.59 Å². The minimum Gasteiger partial charge on any atom is -0.383 e. The van der Waals surface area contributed by atoms with Crippen molar-refractivity contribution in [1.29, 1.82) is 0 Å². The number of anilines is 1. The molecular formula is C10H15BrN4O3. The number of nitrogens with zero attached hydrogens (tertiary/aromatic N) is 2. The molecule has 0 atom stereocenters. The quantitative estimate of drug-likeness (QED) is 0.759. The summed E-state index contributed by atoms with van der Waals surface area (Å²) in [6.45, 7) is 0.867. The third-order valence-corrected chi connectivity index (χ3v) is 2.98. The van der Waals surface area contributed by atoms with Crippen LogP contribution in [0.5, 0.6) is 0 Å². The van der Waals surface area contributed by atoms with Gasteiger partial charge in [0.2, 0.25) is 5.91 Å². The number of halogens is 1. The summed E-state index contributed by atoms with van der Waals surface area (Å²) < 4.78 is 6.52. The number of likely N-dealkylation sites (N-methyl/N-ethyl adjacent to an activating group) is 1. The Hall–Kier alpha value is -1.41. The highest BCUT2D eigenvalue weighted by atomic mass is 79.9. The number of rotatable bonds is 6. The van der Waals surface area contributed by atoms with Gasteiger partial charge in [0, 0.05) is 14.2 Å². The van der Waals surface area contributed by atoms with E-state index < -0.39 is 0 Å². The second kappa shape index (κ2) is 7.12. The van der Waals surface area contributed by atoms with E-state index in [0.29, 0.717) is 23.3 Å². The number of ether oxygens (including phenoxy) is 1. The lowest BCUT2D eigenvalue weighted by atomic mass is 10.4. The van der Waals surface area contributed by atoms with Crippen LogP contribution < -0.4 is 16.2 Å². The molecule has 1 aromatic rings. The first-order chi connectivity index (χ1) is 8.60. The van der Waals surface area contributed by atoms with Crippen molar-refractivity contribution in [2.45, 2.75) is 6.54 Å². The van der Waals surface area contributed by atoms with Gasteiger partial charge in [0.05, 0.1) is 31.6 Å². The van der Waals surface area contributed by atoms with Crippen molar-refractivity contribution in [3.05, 3.63) is 21.0 Å². The molecule has 1 amide bonds. The molecular weight excluding hydrogens is 304 g/mol. The Kier molecular flexibility index (Phi) is 5.79. The Labute approximate surface area is 113 Å². The Balaban J connectivity index is 2.80. The van der Waals surface area contributed by atoms with Gasteiger partial charge in [-0.25, -0.2) is 4.68 Å². The van der Waals surface area contributed by atoms with E-state index in [1.54, 1.807) is 14.2 Å². The maximum absolute atomic E-state index is 11.9. The molecule has 100 valence electrons. The molecule has 0 unspecified atom stereocenters. The predicted octanol–water partition coefficient (Wildman–Crippen LogP) is -0.190. The maximum Gasteiger partial charge on any atom is 0.283 e. The zero-order valence-electron chi connectivity index (χ0n) is 10.2. The normalized spacial score (nSPS) is 10.2. The molecule has 1 rings (SSSR count). The van der Waals surface area contributed by atoms with Crippen LogP contribution in [0.3, 0.4) is 0 Å². The van der Waals surface area contributed by atoms with Crippen LogP contribution in [0.4, 0.5) is 5.69 Å². The average molecular weight is 319 g/mol. The van der Waals surface area contributed by atoms with Gasteiger partial charge in [0.15, 0.2) is 0 Å². The molecule has 0 aliphatic rings. The Morgan fingerprint density at radius 3 is 2.94 bits per heavy atom. The maximum atomic E-state index is 11.9. The molecule has 1 aromatic heterocycles. The summed E-state index contributed by atoms with van der Waals surface area (Å²) in [4.78, 5) is 22.9. The van der Waals surface area contributed by atoms with Gasteiger partial charge in [-0.3, -0.25) is 9.59 Å². The fourth-order valence-electron chi connectivity index (χ4n) is 1.19. The highest BCUT2D eigenvalue weighted by Crippen LogP contribution is 2.15. The van der Waals surface area contributed by atoms with Crippen LogP contribution in [-0.4, -0.2) is 43.0 Å². The summed E-state index contributed by atoms with van der Waals surface area (Å²) in [6, 6.07) is 0. The molecule has 0 spiro atoms. The number of carbonyl (C=O) groups excluding carboxylic acids is 1. The van der Waals surface area contributed by atoms with Crippen LogP contribution in [0.2, 0.25) is 0 Å². The van der Waals surface area contributed by atoms with Crippen LogP contribution in [0.1, 0.15) is 0 Å². The van der Waals surface area contributed by atoms with E-state index >= 15 is 0 Å². The summed E-state index contributed by atoms with van der Waals surface area (Å²) >= 11 is 3.19. The third-order valence-electron chi connectivity index (χ3n) is 2.21. The van der Waals surface area contributed by atoms with Crippen molar-refractivity contribution in [2.24, 2.45) is 0 Å². The van der Waals surface area contributed by atoms with E-state index in [1.165, 1.54) is 10.9 Å². The first-order valence-electron chi connectivity index (χ1n) is 5.29. The number of hydrogen-bond acceptors (Lipinski definition) is 5. The van der Waals surface area contributed by atoms with Gasteiger partial charge < -0.3 is 15.4 Å². The number of methoxy groups -OCH3 is 1. The van der Waals surface area contributed by atoms with Gasteiger partial charge >= 0.3 is 0 Å². The molecule has 0 aromatic carbocycles. The molecule has 0 fully saturated rings. The fraction of sp³-hybridized carbons (Fsp3) is 0.500. The lowest BCUT2D eigenvalue weighted by Gasteiger charge is -2.09. The van der Waals surface area contributed by atoms with Crippen LogP contribution in [0, 0.1) is 0 Å². The van der Waals surface area contributed by atoms with Gasteiger partial charge in [-0.2, -0.15) is 5.10 Å². The topological polar surface area (TPSA) is 85.2 Å². The third kappa shape index (κ3) is 3.81. The average Bonchev–Trinajstić information content (AvgIpc) is 2.39. The van der Waals surface area contributed by atoms with Crippen molar-refractivity contribution in [3.63, 3.8) is 0 Å². The van der Waals surface area contributed by atoms with E-state index in [0.717, 1.165) is 0 Å². The van der Waals surface area contributed by atoms with Crippen molar-refractivity contribution < 1.29 is 9.53 Å². The number of aromatic nitrogens is 2. The zero-order valence-corrected chi connectivity index (χ0v) is 11.8. The Morgan fingerprint density at radius 1 is 1.61 bits per heavy atom. The first-order valence-corrected chi connectivity index (χ1v) is 6.08. The van der Waals surface area contributed by atoms with Crippen LogP contribution >= 0.6 is 15.9 Å². The molecule has 0 bridgehead atoms. The monoisotopic (exact) mass is 318 g/mol. The van der Waals surface area contributed by atoms with E-state index in [4.69, 9.17) is 4.74 Å². The summed E-state index contributed by atoms with van der Waals surface area (Å²) in [6.07, 6.45) is 1.49. The summed E-state index contributed by atoms with van der Waals surface area (Å²) in [5.74, 6) is -0.175. The second-order valence-corrected chi connectivity index (χ2v) is 4.21. The van der Waals surface area contributed by atoms with Crippen molar-refractivity contribution >= 4 is 27.5 Å². The number of carbonyl (C=O) groups is 1. The van der Waals surface area contributed by atoms with Crippen LogP contribution in [-0.2, 0) is 16.1 Å². The minimum absolute atomic E-state index is 0.0817. The predicted molar refractivity (Wildman–Crippen MR) is 70.6 cm³/mol. The highest BCUT2D eigenvalue weighted by molar-refractivity contribution is 9.10.